The maximum atomic E-state index is 12.4. The number of rotatable bonds is 4. The standard InChI is InChI=1S/C15H20ClNO3S/c1-9-7-10(2)14(21(16,19)20)8-13(9)15(18)17-11(3)12-5-4-6-12/h7-8,11-12H,4-6H2,1-3H3,(H,17,18). The van der Waals surface area contributed by atoms with Crippen molar-refractivity contribution in [2.45, 2.75) is 51.0 Å². The molecular formula is C15H20ClNO3S. The number of carbonyl (C=O) groups is 1. The van der Waals surface area contributed by atoms with Crippen LogP contribution >= 0.6 is 10.7 Å². The first-order valence-corrected chi connectivity index (χ1v) is 9.38. The maximum absolute atomic E-state index is 12.4. The van der Waals surface area contributed by atoms with Crippen LogP contribution in [-0.4, -0.2) is 20.4 Å². The fourth-order valence-electron chi connectivity index (χ4n) is 2.68. The number of amides is 1. The molecule has 1 saturated carbocycles. The minimum absolute atomic E-state index is 0.00351. The van der Waals surface area contributed by atoms with Gasteiger partial charge in [-0.25, -0.2) is 8.42 Å². The van der Waals surface area contributed by atoms with Gasteiger partial charge < -0.3 is 5.32 Å². The number of hydrogen-bond acceptors (Lipinski definition) is 3. The van der Waals surface area contributed by atoms with Crippen LogP contribution in [-0.2, 0) is 9.05 Å². The summed E-state index contributed by atoms with van der Waals surface area (Å²) in [6, 6.07) is 3.15. The Labute approximate surface area is 130 Å². The summed E-state index contributed by atoms with van der Waals surface area (Å²) in [5.41, 5.74) is 1.66. The molecule has 1 unspecified atom stereocenters. The van der Waals surface area contributed by atoms with E-state index in [0.717, 1.165) is 18.4 Å². The third-order valence-electron chi connectivity index (χ3n) is 4.24. The van der Waals surface area contributed by atoms with Crippen LogP contribution in [0.3, 0.4) is 0 Å². The highest BCUT2D eigenvalue weighted by Gasteiger charge is 2.26. The monoisotopic (exact) mass is 329 g/mol. The zero-order valence-corrected chi connectivity index (χ0v) is 14.0. The van der Waals surface area contributed by atoms with Crippen LogP contribution < -0.4 is 5.32 Å². The fourth-order valence-corrected chi connectivity index (χ4v) is 3.88. The van der Waals surface area contributed by atoms with E-state index in [2.05, 4.69) is 5.32 Å². The lowest BCUT2D eigenvalue weighted by Gasteiger charge is -2.32. The first-order chi connectivity index (χ1) is 9.70. The molecule has 116 valence electrons. The molecule has 21 heavy (non-hydrogen) atoms. The van der Waals surface area contributed by atoms with Gasteiger partial charge in [0, 0.05) is 22.3 Å². The minimum Gasteiger partial charge on any atom is -0.349 e. The van der Waals surface area contributed by atoms with E-state index >= 15 is 0 Å². The van der Waals surface area contributed by atoms with Crippen LogP contribution in [0.15, 0.2) is 17.0 Å². The van der Waals surface area contributed by atoms with Gasteiger partial charge in [0.25, 0.3) is 15.0 Å². The second-order valence-corrected chi connectivity index (χ2v) is 8.36. The fraction of sp³-hybridized carbons (Fsp3) is 0.533. The van der Waals surface area contributed by atoms with Crippen LogP contribution in [0.25, 0.3) is 0 Å². The SMILES string of the molecule is Cc1cc(C)c(S(=O)(=O)Cl)cc1C(=O)NC(C)C1CCC1. The van der Waals surface area contributed by atoms with E-state index in [-0.39, 0.29) is 16.8 Å². The first-order valence-electron chi connectivity index (χ1n) is 7.07. The average molecular weight is 330 g/mol. The molecule has 1 aliphatic rings. The van der Waals surface area contributed by atoms with E-state index in [1.165, 1.54) is 12.5 Å². The van der Waals surface area contributed by atoms with Crippen molar-refractivity contribution < 1.29 is 13.2 Å². The third-order valence-corrected chi connectivity index (χ3v) is 5.71. The summed E-state index contributed by atoms with van der Waals surface area (Å²) in [4.78, 5) is 12.4. The summed E-state index contributed by atoms with van der Waals surface area (Å²) >= 11 is 0. The molecule has 0 saturated heterocycles. The molecule has 0 spiro atoms. The van der Waals surface area contributed by atoms with Crippen LogP contribution in [0, 0.1) is 19.8 Å². The third kappa shape index (κ3) is 3.58. The highest BCUT2D eigenvalue weighted by molar-refractivity contribution is 8.13. The first kappa shape index (κ1) is 16.3. The van der Waals surface area contributed by atoms with Gasteiger partial charge in [0.1, 0.15) is 0 Å². The van der Waals surface area contributed by atoms with Crippen molar-refractivity contribution in [2.24, 2.45) is 5.92 Å². The Morgan fingerprint density at radius 3 is 2.38 bits per heavy atom. The van der Waals surface area contributed by atoms with Crippen molar-refractivity contribution in [3.05, 3.63) is 28.8 Å². The van der Waals surface area contributed by atoms with Gasteiger partial charge in [0.05, 0.1) is 4.90 Å². The van der Waals surface area contributed by atoms with Crippen LogP contribution in [0.2, 0.25) is 0 Å². The topological polar surface area (TPSA) is 63.2 Å². The Bertz CT molecular complexity index is 666. The van der Waals surface area contributed by atoms with E-state index in [4.69, 9.17) is 10.7 Å². The molecule has 1 amide bonds. The molecule has 1 atom stereocenters. The van der Waals surface area contributed by atoms with Gasteiger partial charge >= 0.3 is 0 Å². The normalized spacial score (nSPS) is 17.1. The molecular weight excluding hydrogens is 310 g/mol. The predicted molar refractivity (Wildman–Crippen MR) is 83.2 cm³/mol. The van der Waals surface area contributed by atoms with Gasteiger partial charge in [-0.3, -0.25) is 4.79 Å². The number of halogens is 1. The summed E-state index contributed by atoms with van der Waals surface area (Å²) in [7, 11) is 1.57. The average Bonchev–Trinajstić information content (AvgIpc) is 2.23. The maximum Gasteiger partial charge on any atom is 0.261 e. The quantitative estimate of drug-likeness (QED) is 0.863. The Balaban J connectivity index is 2.28. The predicted octanol–water partition coefficient (Wildman–Crippen LogP) is 3.15. The Hall–Kier alpha value is -1.07. The number of carbonyl (C=O) groups excluding carboxylic acids is 1. The van der Waals surface area contributed by atoms with E-state index in [1.54, 1.807) is 19.9 Å². The number of hydrogen-bond donors (Lipinski definition) is 1. The highest BCUT2D eigenvalue weighted by atomic mass is 35.7. The van der Waals surface area contributed by atoms with Crippen molar-refractivity contribution >= 4 is 25.6 Å². The van der Waals surface area contributed by atoms with E-state index in [9.17, 15) is 13.2 Å². The second kappa shape index (κ2) is 5.97. The molecule has 0 bridgehead atoms. The van der Waals surface area contributed by atoms with Crippen molar-refractivity contribution in [3.8, 4) is 0 Å². The van der Waals surface area contributed by atoms with Crippen LogP contribution in [0.4, 0.5) is 0 Å². The molecule has 1 aromatic rings. The van der Waals surface area contributed by atoms with Gasteiger partial charge in [0.15, 0.2) is 0 Å². The molecule has 2 rings (SSSR count). The van der Waals surface area contributed by atoms with Crippen molar-refractivity contribution in [3.63, 3.8) is 0 Å². The van der Waals surface area contributed by atoms with Gasteiger partial charge in [-0.05, 0) is 56.7 Å². The molecule has 0 aromatic heterocycles. The zero-order valence-electron chi connectivity index (χ0n) is 12.4. The summed E-state index contributed by atoms with van der Waals surface area (Å²) in [5, 5.41) is 2.96. The molecule has 1 N–H and O–H groups in total. The number of aryl methyl sites for hydroxylation is 2. The van der Waals surface area contributed by atoms with Gasteiger partial charge in [-0.1, -0.05) is 12.5 Å². The lowest BCUT2D eigenvalue weighted by atomic mass is 9.80. The van der Waals surface area contributed by atoms with Gasteiger partial charge in [-0.15, -0.1) is 0 Å². The smallest absolute Gasteiger partial charge is 0.261 e. The van der Waals surface area contributed by atoms with Crippen molar-refractivity contribution in [1.29, 1.82) is 0 Å². The summed E-state index contributed by atoms with van der Waals surface area (Å²) in [6.07, 6.45) is 3.48. The summed E-state index contributed by atoms with van der Waals surface area (Å²) < 4.78 is 23.1. The van der Waals surface area contributed by atoms with Crippen LogP contribution in [0.5, 0.6) is 0 Å². The molecule has 4 nitrogen and oxygen atoms in total. The minimum atomic E-state index is -3.85. The van der Waals surface area contributed by atoms with Crippen molar-refractivity contribution in [1.82, 2.24) is 5.32 Å². The Morgan fingerprint density at radius 1 is 1.29 bits per heavy atom. The molecule has 0 radical (unpaired) electrons. The van der Waals surface area contributed by atoms with E-state index < -0.39 is 9.05 Å². The Morgan fingerprint density at radius 2 is 1.90 bits per heavy atom. The summed E-state index contributed by atoms with van der Waals surface area (Å²) in [5.74, 6) is 0.282. The molecule has 1 fully saturated rings. The molecule has 0 heterocycles. The van der Waals surface area contributed by atoms with Crippen molar-refractivity contribution in [2.75, 3.05) is 0 Å². The molecule has 1 aromatic carbocycles. The van der Waals surface area contributed by atoms with Gasteiger partial charge in [0.2, 0.25) is 0 Å². The second-order valence-electron chi connectivity index (χ2n) is 5.82. The Kier molecular flexibility index (Phi) is 4.63. The lowest BCUT2D eigenvalue weighted by Crippen LogP contribution is -2.40. The zero-order chi connectivity index (χ0) is 15.8. The number of nitrogens with one attached hydrogen (secondary N) is 1. The lowest BCUT2D eigenvalue weighted by molar-refractivity contribution is 0.0908. The van der Waals surface area contributed by atoms with Crippen LogP contribution in [0.1, 0.15) is 47.7 Å². The number of benzene rings is 1. The summed E-state index contributed by atoms with van der Waals surface area (Å²) in [6.45, 7) is 5.45. The van der Waals surface area contributed by atoms with Gasteiger partial charge in [-0.2, -0.15) is 0 Å². The molecule has 6 heteroatoms. The largest absolute Gasteiger partial charge is 0.349 e. The molecule has 0 aliphatic heterocycles. The van der Waals surface area contributed by atoms with E-state index in [1.807, 2.05) is 6.92 Å². The van der Waals surface area contributed by atoms with E-state index in [0.29, 0.717) is 17.0 Å². The highest BCUT2D eigenvalue weighted by Crippen LogP contribution is 2.30. The molecule has 1 aliphatic carbocycles.